The Hall–Kier alpha value is -2.65. The number of esters is 1. The summed E-state index contributed by atoms with van der Waals surface area (Å²) >= 11 is 1.60. The van der Waals surface area contributed by atoms with Crippen molar-refractivity contribution in [3.63, 3.8) is 0 Å². The van der Waals surface area contributed by atoms with Gasteiger partial charge in [-0.05, 0) is 31.9 Å². The molecule has 0 amide bonds. The largest absolute Gasteiger partial charge is 0.466 e. The molecule has 9 heteroatoms. The van der Waals surface area contributed by atoms with Gasteiger partial charge in [0.1, 0.15) is 0 Å². The van der Waals surface area contributed by atoms with Crippen LogP contribution in [0.5, 0.6) is 0 Å². The highest BCUT2D eigenvalue weighted by molar-refractivity contribution is 7.07. The molecule has 0 saturated carbocycles. The quantitative estimate of drug-likeness (QED) is 0.486. The summed E-state index contributed by atoms with van der Waals surface area (Å²) in [6.45, 7) is 6.25. The maximum Gasteiger partial charge on any atom is 0.302 e. The SMILES string of the molecule is CCCCOC(C)=O.c1cnccn1.c1cnn(CC2CCCN2)c1.c1cscn1. The number of thiazole rings is 1. The number of rotatable bonds is 5. The van der Waals surface area contributed by atoms with E-state index in [1.165, 1.54) is 26.3 Å². The van der Waals surface area contributed by atoms with E-state index in [1.807, 2.05) is 28.5 Å². The first-order valence-corrected chi connectivity index (χ1v) is 11.0. The molecule has 3 aromatic rings. The number of nitrogens with zero attached hydrogens (tertiary/aromatic N) is 5. The molecule has 0 aliphatic carbocycles. The van der Waals surface area contributed by atoms with Crippen molar-refractivity contribution in [2.24, 2.45) is 0 Å². The minimum Gasteiger partial charge on any atom is -0.466 e. The molecule has 1 aliphatic rings. The number of ether oxygens (including phenoxy) is 1. The standard InChI is InChI=1S/C8H13N3.C6H12O2.C4H4N2.C3H3NS/c1-3-8(9-4-1)7-11-6-2-5-10-11;1-3-4-5-8-6(2)7;1-2-6-4-3-5-1;1-2-5-3-4-1/h2,5-6,8-9H,1,3-4,7H2;3-5H2,1-2H3;1-4H;1-3H. The predicted molar refractivity (Wildman–Crippen MR) is 119 cm³/mol. The van der Waals surface area contributed by atoms with Crippen molar-refractivity contribution in [3.8, 4) is 0 Å². The third-order valence-electron chi connectivity index (χ3n) is 3.76. The van der Waals surface area contributed by atoms with Gasteiger partial charge in [-0.1, -0.05) is 13.3 Å². The average Bonchev–Trinajstić information content (AvgIpc) is 3.56. The van der Waals surface area contributed by atoms with Crippen molar-refractivity contribution in [3.05, 3.63) is 60.3 Å². The Morgan fingerprint density at radius 1 is 1.17 bits per heavy atom. The first-order chi connectivity index (χ1) is 14.7. The Bertz CT molecular complexity index is 661. The Morgan fingerprint density at radius 2 is 1.93 bits per heavy atom. The van der Waals surface area contributed by atoms with E-state index >= 15 is 0 Å². The molecule has 1 fully saturated rings. The maximum atomic E-state index is 10.1. The second-order valence-electron chi connectivity index (χ2n) is 6.29. The number of hydrogen-bond donors (Lipinski definition) is 1. The van der Waals surface area contributed by atoms with Crippen LogP contribution in [0.3, 0.4) is 0 Å². The van der Waals surface area contributed by atoms with Crippen LogP contribution >= 0.6 is 11.3 Å². The van der Waals surface area contributed by atoms with Crippen LogP contribution in [0.1, 0.15) is 39.5 Å². The van der Waals surface area contributed by atoms with E-state index in [4.69, 9.17) is 0 Å². The lowest BCUT2D eigenvalue weighted by Gasteiger charge is -2.08. The summed E-state index contributed by atoms with van der Waals surface area (Å²) in [6.07, 6.45) is 16.8. The Morgan fingerprint density at radius 3 is 2.33 bits per heavy atom. The summed E-state index contributed by atoms with van der Waals surface area (Å²) in [4.78, 5) is 21.3. The second kappa shape index (κ2) is 18.4. The van der Waals surface area contributed by atoms with E-state index < -0.39 is 0 Å². The number of hydrogen-bond acceptors (Lipinski definition) is 8. The Balaban J connectivity index is 0.000000210. The zero-order valence-electron chi connectivity index (χ0n) is 17.8. The number of nitrogens with one attached hydrogen (secondary N) is 1. The van der Waals surface area contributed by atoms with Gasteiger partial charge in [-0.25, -0.2) is 0 Å². The molecule has 164 valence electrons. The molecular formula is C21H32N6O2S. The first kappa shape index (κ1) is 25.4. The van der Waals surface area contributed by atoms with Crippen molar-refractivity contribution < 1.29 is 9.53 Å². The molecule has 4 rings (SSSR count). The molecule has 0 radical (unpaired) electrons. The van der Waals surface area contributed by atoms with Crippen molar-refractivity contribution >= 4 is 17.3 Å². The molecular weight excluding hydrogens is 400 g/mol. The van der Waals surface area contributed by atoms with E-state index in [0.29, 0.717) is 12.6 Å². The van der Waals surface area contributed by atoms with Crippen molar-refractivity contribution in [1.29, 1.82) is 0 Å². The van der Waals surface area contributed by atoms with Crippen molar-refractivity contribution in [1.82, 2.24) is 30.0 Å². The van der Waals surface area contributed by atoms with Crippen LogP contribution in [0.25, 0.3) is 0 Å². The highest BCUT2D eigenvalue weighted by atomic mass is 32.1. The maximum absolute atomic E-state index is 10.1. The Labute approximate surface area is 182 Å². The number of carbonyl (C=O) groups is 1. The van der Waals surface area contributed by atoms with E-state index in [9.17, 15) is 4.79 Å². The molecule has 1 N–H and O–H groups in total. The predicted octanol–water partition coefficient (Wildman–Crippen LogP) is 3.60. The molecule has 0 bridgehead atoms. The van der Waals surface area contributed by atoms with Crippen LogP contribution in [-0.4, -0.2) is 49.9 Å². The fourth-order valence-electron chi connectivity index (χ4n) is 2.34. The zero-order valence-corrected chi connectivity index (χ0v) is 18.6. The van der Waals surface area contributed by atoms with Crippen LogP contribution in [-0.2, 0) is 16.1 Å². The summed E-state index contributed by atoms with van der Waals surface area (Å²) in [7, 11) is 0. The van der Waals surface area contributed by atoms with Gasteiger partial charge in [0.25, 0.3) is 0 Å². The van der Waals surface area contributed by atoms with Gasteiger partial charge in [0.2, 0.25) is 0 Å². The van der Waals surface area contributed by atoms with Gasteiger partial charge in [-0.3, -0.25) is 24.4 Å². The van der Waals surface area contributed by atoms with Crippen LogP contribution in [0.4, 0.5) is 0 Å². The monoisotopic (exact) mass is 432 g/mol. The van der Waals surface area contributed by atoms with Gasteiger partial charge in [-0.15, -0.1) is 11.3 Å². The smallest absolute Gasteiger partial charge is 0.302 e. The van der Waals surface area contributed by atoms with Gasteiger partial charge < -0.3 is 10.1 Å². The summed E-state index contributed by atoms with van der Waals surface area (Å²) in [5.41, 5.74) is 1.79. The van der Waals surface area contributed by atoms with E-state index in [2.05, 4.69) is 37.0 Å². The number of unbranched alkanes of at least 4 members (excludes halogenated alkanes) is 1. The molecule has 4 heterocycles. The van der Waals surface area contributed by atoms with Crippen molar-refractivity contribution in [2.45, 2.75) is 52.1 Å². The van der Waals surface area contributed by atoms with E-state index in [-0.39, 0.29) is 5.97 Å². The molecule has 8 nitrogen and oxygen atoms in total. The van der Waals surface area contributed by atoms with Gasteiger partial charge in [-0.2, -0.15) is 5.10 Å². The molecule has 0 spiro atoms. The summed E-state index contributed by atoms with van der Waals surface area (Å²) in [5, 5.41) is 9.52. The normalized spacial score (nSPS) is 14.1. The summed E-state index contributed by atoms with van der Waals surface area (Å²) in [5.74, 6) is -0.182. The van der Waals surface area contributed by atoms with Gasteiger partial charge in [0.05, 0.1) is 18.7 Å². The number of aromatic nitrogens is 5. The van der Waals surface area contributed by atoms with Crippen LogP contribution in [0.2, 0.25) is 0 Å². The zero-order chi connectivity index (χ0) is 21.7. The molecule has 30 heavy (non-hydrogen) atoms. The van der Waals surface area contributed by atoms with Gasteiger partial charge in [0, 0.05) is 61.7 Å². The van der Waals surface area contributed by atoms with E-state index in [1.54, 1.807) is 47.8 Å². The van der Waals surface area contributed by atoms with E-state index in [0.717, 1.165) is 19.4 Å². The molecule has 1 saturated heterocycles. The first-order valence-electron chi connectivity index (χ1n) is 10.1. The summed E-state index contributed by atoms with van der Waals surface area (Å²) < 4.78 is 6.63. The van der Waals surface area contributed by atoms with Crippen molar-refractivity contribution in [2.75, 3.05) is 13.2 Å². The highest BCUT2D eigenvalue weighted by Crippen LogP contribution is 2.06. The van der Waals surface area contributed by atoms with Crippen LogP contribution in [0.15, 0.2) is 60.3 Å². The third kappa shape index (κ3) is 15.3. The lowest BCUT2D eigenvalue weighted by Crippen LogP contribution is -2.26. The van der Waals surface area contributed by atoms with Crippen LogP contribution < -0.4 is 5.32 Å². The summed E-state index contributed by atoms with van der Waals surface area (Å²) in [6, 6.07) is 2.62. The highest BCUT2D eigenvalue weighted by Gasteiger charge is 2.13. The average molecular weight is 433 g/mol. The molecule has 1 aliphatic heterocycles. The topological polar surface area (TPSA) is 94.8 Å². The molecule has 1 unspecified atom stereocenters. The molecule has 1 atom stereocenters. The fourth-order valence-corrected chi connectivity index (χ4v) is 2.69. The number of carbonyl (C=O) groups excluding carboxylic acids is 1. The lowest BCUT2D eigenvalue weighted by atomic mass is 10.2. The molecule has 0 aromatic carbocycles. The second-order valence-corrected chi connectivity index (χ2v) is 7.04. The molecule has 3 aromatic heterocycles. The van der Waals surface area contributed by atoms with Gasteiger partial charge in [0.15, 0.2) is 0 Å². The third-order valence-corrected chi connectivity index (χ3v) is 4.28. The Kier molecular flexibility index (Phi) is 15.6. The fraction of sp³-hybridized carbons (Fsp3) is 0.476. The minimum atomic E-state index is -0.182. The van der Waals surface area contributed by atoms with Gasteiger partial charge >= 0.3 is 5.97 Å². The lowest BCUT2D eigenvalue weighted by molar-refractivity contribution is -0.141. The minimum absolute atomic E-state index is 0.182. The van der Waals surface area contributed by atoms with Crippen LogP contribution in [0, 0.1) is 0 Å².